The Bertz CT molecular complexity index is 1190. The van der Waals surface area contributed by atoms with Crippen LogP contribution in [0.15, 0.2) is 29.2 Å². The highest BCUT2D eigenvalue weighted by molar-refractivity contribution is 6.33. The van der Waals surface area contributed by atoms with Gasteiger partial charge in [-0.25, -0.2) is 9.97 Å². The molecule has 0 radical (unpaired) electrons. The van der Waals surface area contributed by atoms with Crippen LogP contribution in [-0.2, 0) is 4.74 Å². The fourth-order valence-corrected chi connectivity index (χ4v) is 4.36. The largest absolute Gasteiger partial charge is 0.389 e. The van der Waals surface area contributed by atoms with Gasteiger partial charge in [-0.05, 0) is 46.2 Å². The van der Waals surface area contributed by atoms with Crippen LogP contribution in [0, 0.1) is 13.8 Å². The topological polar surface area (TPSA) is 89.3 Å². The van der Waals surface area contributed by atoms with E-state index in [1.165, 1.54) is 0 Å². The molecule has 0 aliphatic carbocycles. The molecule has 2 atom stereocenters. The number of hydrogen-bond donors (Lipinski definition) is 2. The van der Waals surface area contributed by atoms with Gasteiger partial charge in [-0.2, -0.15) is 0 Å². The molecule has 1 aromatic carbocycles. The van der Waals surface area contributed by atoms with Gasteiger partial charge in [0.15, 0.2) is 5.43 Å². The van der Waals surface area contributed by atoms with Crippen molar-refractivity contribution in [3.8, 4) is 11.3 Å². The molecule has 2 aromatic heterocycles. The zero-order valence-electron chi connectivity index (χ0n) is 18.1. The molecule has 1 fully saturated rings. The third-order valence-corrected chi connectivity index (χ3v) is 6.20. The van der Waals surface area contributed by atoms with Crippen molar-refractivity contribution in [3.63, 3.8) is 0 Å². The first kappa shape index (κ1) is 21.7. The average Bonchev–Trinajstić information content (AvgIpc) is 2.74. The molecular formula is C23H27ClN4O3. The van der Waals surface area contributed by atoms with Crippen LogP contribution >= 0.6 is 11.6 Å². The van der Waals surface area contributed by atoms with Crippen LogP contribution < -0.4 is 10.7 Å². The van der Waals surface area contributed by atoms with Gasteiger partial charge >= 0.3 is 0 Å². The monoisotopic (exact) mass is 442 g/mol. The van der Waals surface area contributed by atoms with Crippen molar-refractivity contribution in [1.29, 1.82) is 0 Å². The maximum atomic E-state index is 12.8. The van der Waals surface area contributed by atoms with Crippen LogP contribution in [-0.4, -0.2) is 45.0 Å². The first-order valence-corrected chi connectivity index (χ1v) is 10.9. The lowest BCUT2D eigenvalue weighted by Crippen LogP contribution is -2.42. The zero-order chi connectivity index (χ0) is 22.3. The van der Waals surface area contributed by atoms with Gasteiger partial charge in [0.1, 0.15) is 0 Å². The number of fused-ring (bicyclic) bond motifs is 1. The lowest BCUT2D eigenvalue weighted by Gasteiger charge is -2.28. The van der Waals surface area contributed by atoms with E-state index < -0.39 is 6.10 Å². The van der Waals surface area contributed by atoms with Crippen LogP contribution in [0.3, 0.4) is 0 Å². The van der Waals surface area contributed by atoms with Gasteiger partial charge in [-0.3, -0.25) is 4.79 Å². The molecule has 1 aliphatic rings. The summed E-state index contributed by atoms with van der Waals surface area (Å²) < 4.78 is 7.45. The van der Waals surface area contributed by atoms with E-state index in [0.29, 0.717) is 35.1 Å². The summed E-state index contributed by atoms with van der Waals surface area (Å²) in [6.45, 7) is 8.90. The van der Waals surface area contributed by atoms with Gasteiger partial charge in [0.25, 0.3) is 0 Å². The number of halogens is 1. The lowest BCUT2D eigenvalue weighted by atomic mass is 10.0. The molecule has 8 heteroatoms. The summed E-state index contributed by atoms with van der Waals surface area (Å²) in [6, 6.07) is 5.67. The minimum absolute atomic E-state index is 0.0422. The van der Waals surface area contributed by atoms with Crippen molar-refractivity contribution in [2.24, 2.45) is 0 Å². The Morgan fingerprint density at radius 1 is 1.32 bits per heavy atom. The van der Waals surface area contributed by atoms with Crippen molar-refractivity contribution < 1.29 is 9.84 Å². The van der Waals surface area contributed by atoms with E-state index in [0.717, 1.165) is 22.3 Å². The van der Waals surface area contributed by atoms with Crippen LogP contribution in [0.25, 0.3) is 22.2 Å². The van der Waals surface area contributed by atoms with Crippen LogP contribution in [0.5, 0.6) is 0 Å². The molecule has 1 saturated heterocycles. The molecule has 31 heavy (non-hydrogen) atoms. The average molecular weight is 443 g/mol. The van der Waals surface area contributed by atoms with E-state index in [4.69, 9.17) is 16.3 Å². The van der Waals surface area contributed by atoms with Crippen molar-refractivity contribution in [2.75, 3.05) is 18.5 Å². The van der Waals surface area contributed by atoms with Gasteiger partial charge < -0.3 is 19.7 Å². The fourth-order valence-electron chi connectivity index (χ4n) is 4.16. The molecule has 0 bridgehead atoms. The number of aliphatic hydroxyl groups is 1. The summed E-state index contributed by atoms with van der Waals surface area (Å²) in [7, 11) is 0. The van der Waals surface area contributed by atoms with Gasteiger partial charge in [-0.1, -0.05) is 17.7 Å². The number of pyridine rings is 1. The highest BCUT2D eigenvalue weighted by atomic mass is 35.5. The maximum absolute atomic E-state index is 12.8. The van der Waals surface area contributed by atoms with Gasteiger partial charge in [-0.15, -0.1) is 0 Å². The Morgan fingerprint density at radius 3 is 2.81 bits per heavy atom. The molecule has 2 N–H and O–H groups in total. The van der Waals surface area contributed by atoms with Crippen molar-refractivity contribution in [1.82, 2.24) is 14.5 Å². The summed E-state index contributed by atoms with van der Waals surface area (Å²) in [5.41, 5.74) is 3.98. The summed E-state index contributed by atoms with van der Waals surface area (Å²) in [5.74, 6) is 0.395. The number of anilines is 1. The second-order valence-corrected chi connectivity index (χ2v) is 8.71. The number of aromatic nitrogens is 3. The highest BCUT2D eigenvalue weighted by Crippen LogP contribution is 2.30. The predicted molar refractivity (Wildman–Crippen MR) is 123 cm³/mol. The lowest BCUT2D eigenvalue weighted by molar-refractivity contribution is -0.0136. The normalized spacial score (nSPS) is 19.2. The fraction of sp³-hybridized carbons (Fsp3) is 0.435. The van der Waals surface area contributed by atoms with Gasteiger partial charge in [0.05, 0.1) is 41.2 Å². The van der Waals surface area contributed by atoms with Gasteiger partial charge in [0.2, 0.25) is 5.95 Å². The molecule has 7 nitrogen and oxygen atoms in total. The molecule has 0 saturated carbocycles. The molecule has 164 valence electrons. The smallest absolute Gasteiger partial charge is 0.223 e. The molecule has 4 rings (SSSR count). The zero-order valence-corrected chi connectivity index (χ0v) is 18.9. The van der Waals surface area contributed by atoms with E-state index >= 15 is 0 Å². The minimum atomic E-state index is -0.621. The Hall–Kier alpha value is -2.48. The summed E-state index contributed by atoms with van der Waals surface area (Å²) in [5, 5.41) is 14.4. The molecule has 3 aromatic rings. The molecule has 0 spiro atoms. The maximum Gasteiger partial charge on any atom is 0.223 e. The first-order valence-electron chi connectivity index (χ1n) is 10.5. The number of nitrogens with zero attached hydrogens (tertiary/aromatic N) is 3. The minimum Gasteiger partial charge on any atom is -0.389 e. The predicted octanol–water partition coefficient (Wildman–Crippen LogP) is 3.87. The Kier molecular flexibility index (Phi) is 6.01. The Labute approximate surface area is 186 Å². The highest BCUT2D eigenvalue weighted by Gasteiger charge is 2.24. The first-order chi connectivity index (χ1) is 14.8. The van der Waals surface area contributed by atoms with E-state index in [1.807, 2.05) is 32.0 Å². The molecule has 3 heterocycles. The van der Waals surface area contributed by atoms with Crippen molar-refractivity contribution in [2.45, 2.75) is 52.3 Å². The Morgan fingerprint density at radius 2 is 2.10 bits per heavy atom. The van der Waals surface area contributed by atoms with Crippen LogP contribution in [0.2, 0.25) is 5.02 Å². The van der Waals surface area contributed by atoms with Gasteiger partial charge in [0, 0.05) is 34.9 Å². The number of nitrogens with one attached hydrogen (secondary N) is 1. The van der Waals surface area contributed by atoms with E-state index in [9.17, 15) is 9.90 Å². The molecule has 1 aliphatic heterocycles. The molecular weight excluding hydrogens is 416 g/mol. The quantitative estimate of drug-likeness (QED) is 0.637. The number of hydrogen-bond acceptors (Lipinski definition) is 6. The molecule has 0 unspecified atom stereocenters. The SMILES string of the molecule is Cc1c(C)n(C(C)C)c2cc(-c3nc(N[C@@H]4CCOC[C@H]4O)ncc3Cl)ccc2c1=O. The third kappa shape index (κ3) is 4.05. The number of ether oxygens (including phenoxy) is 1. The summed E-state index contributed by atoms with van der Waals surface area (Å²) in [6.07, 6.45) is 1.60. The third-order valence-electron chi connectivity index (χ3n) is 5.92. The van der Waals surface area contributed by atoms with Crippen molar-refractivity contribution >= 4 is 28.5 Å². The summed E-state index contributed by atoms with van der Waals surface area (Å²) >= 11 is 6.45. The van der Waals surface area contributed by atoms with E-state index in [1.54, 1.807) is 6.20 Å². The van der Waals surface area contributed by atoms with Crippen molar-refractivity contribution in [3.05, 3.63) is 50.9 Å². The van der Waals surface area contributed by atoms with Crippen LogP contribution in [0.4, 0.5) is 5.95 Å². The van der Waals surface area contributed by atoms with E-state index in [-0.39, 0.29) is 24.1 Å². The molecule has 0 amide bonds. The number of benzene rings is 1. The summed E-state index contributed by atoms with van der Waals surface area (Å²) in [4.78, 5) is 21.7. The standard InChI is InChI=1S/C23H27ClN4O3/c1-12(2)28-14(4)13(3)22(30)16-6-5-15(9-19(16)28)21-17(24)10-25-23(27-21)26-18-7-8-31-11-20(18)29/h5-6,9-10,12,18,20,29H,7-8,11H2,1-4H3,(H,25,26,27)/t18-,20-/m1/s1. The van der Waals surface area contributed by atoms with E-state index in [2.05, 4.69) is 33.7 Å². The number of rotatable bonds is 4. The van der Waals surface area contributed by atoms with Crippen LogP contribution in [0.1, 0.15) is 37.6 Å². The number of aliphatic hydroxyl groups excluding tert-OH is 1. The second kappa shape index (κ2) is 8.57. The Balaban J connectivity index is 1.80. The second-order valence-electron chi connectivity index (χ2n) is 8.31.